The Hall–Kier alpha value is -4.69. The molecule has 3 aromatic carbocycles. The molecule has 0 saturated carbocycles. The van der Waals surface area contributed by atoms with Crippen molar-refractivity contribution < 1.29 is 19.0 Å². The maximum Gasteiger partial charge on any atom is 0.250 e. The van der Waals surface area contributed by atoms with Crippen molar-refractivity contribution >= 4 is 17.1 Å². The highest BCUT2D eigenvalue weighted by atomic mass is 16.5. The van der Waals surface area contributed by atoms with E-state index in [0.29, 0.717) is 29.1 Å². The molecule has 0 atom stereocenters. The van der Waals surface area contributed by atoms with E-state index < -0.39 is 11.5 Å². The highest BCUT2D eigenvalue weighted by Gasteiger charge is 2.38. The van der Waals surface area contributed by atoms with Crippen LogP contribution in [0, 0.1) is 0 Å². The van der Waals surface area contributed by atoms with Crippen LogP contribution in [-0.4, -0.2) is 34.7 Å². The first-order chi connectivity index (χ1) is 19.0. The van der Waals surface area contributed by atoms with Crippen LogP contribution in [0.2, 0.25) is 0 Å². The SMILES string of the molecule is CCn1c(COC(c2ccccc2)(c2ccc(OC)cc2)c2ccc(OC)cc2)nc2cc(C(N)=O)cnc21. The zero-order valence-corrected chi connectivity index (χ0v) is 22.1. The third-order valence-electron chi connectivity index (χ3n) is 6.86. The monoisotopic (exact) mass is 522 g/mol. The predicted molar refractivity (Wildman–Crippen MR) is 149 cm³/mol. The number of hydrogen-bond acceptors (Lipinski definition) is 6. The summed E-state index contributed by atoms with van der Waals surface area (Å²) in [5.74, 6) is 1.64. The smallest absolute Gasteiger partial charge is 0.250 e. The van der Waals surface area contributed by atoms with E-state index in [4.69, 9.17) is 24.9 Å². The van der Waals surface area contributed by atoms with Gasteiger partial charge in [0.25, 0.3) is 0 Å². The molecule has 0 bridgehead atoms. The number of carbonyl (C=O) groups excluding carboxylic acids is 1. The molecule has 0 unspecified atom stereocenters. The molecule has 1 amide bonds. The maximum atomic E-state index is 11.7. The van der Waals surface area contributed by atoms with Crippen molar-refractivity contribution in [1.29, 1.82) is 0 Å². The third-order valence-corrected chi connectivity index (χ3v) is 6.86. The summed E-state index contributed by atoms with van der Waals surface area (Å²) in [4.78, 5) is 21.0. The Morgan fingerprint density at radius 1 is 0.872 bits per heavy atom. The van der Waals surface area contributed by atoms with Gasteiger partial charge in [0.1, 0.15) is 35.0 Å². The first-order valence-electron chi connectivity index (χ1n) is 12.6. The van der Waals surface area contributed by atoms with Crippen LogP contribution >= 0.6 is 0 Å². The topological polar surface area (TPSA) is 101 Å². The molecule has 8 heteroatoms. The van der Waals surface area contributed by atoms with Gasteiger partial charge in [-0.3, -0.25) is 4.79 Å². The molecule has 198 valence electrons. The summed E-state index contributed by atoms with van der Waals surface area (Å²) in [6.07, 6.45) is 1.48. The largest absolute Gasteiger partial charge is 0.497 e. The lowest BCUT2D eigenvalue weighted by atomic mass is 9.80. The zero-order valence-electron chi connectivity index (χ0n) is 22.1. The lowest BCUT2D eigenvalue weighted by molar-refractivity contribution is -0.00431. The molecule has 0 aliphatic carbocycles. The number of imidazole rings is 1. The Morgan fingerprint density at radius 3 is 1.95 bits per heavy atom. The minimum Gasteiger partial charge on any atom is -0.497 e. The summed E-state index contributed by atoms with van der Waals surface area (Å²) in [7, 11) is 3.29. The van der Waals surface area contributed by atoms with Crippen molar-refractivity contribution in [1.82, 2.24) is 14.5 Å². The number of ether oxygens (including phenoxy) is 3. The normalized spacial score (nSPS) is 11.5. The average Bonchev–Trinajstić information content (AvgIpc) is 3.35. The molecule has 8 nitrogen and oxygen atoms in total. The molecule has 39 heavy (non-hydrogen) atoms. The first kappa shape index (κ1) is 25.9. The third kappa shape index (κ3) is 4.82. The van der Waals surface area contributed by atoms with Gasteiger partial charge < -0.3 is 24.5 Å². The number of nitrogens with zero attached hydrogens (tertiary/aromatic N) is 3. The summed E-state index contributed by atoms with van der Waals surface area (Å²) in [6.45, 7) is 2.82. The Balaban J connectivity index is 1.67. The number of primary amides is 1. The van der Waals surface area contributed by atoms with Crippen molar-refractivity contribution in [2.24, 2.45) is 5.73 Å². The van der Waals surface area contributed by atoms with Gasteiger partial charge in [0, 0.05) is 12.7 Å². The summed E-state index contributed by atoms with van der Waals surface area (Å²) in [5.41, 5.74) is 8.86. The van der Waals surface area contributed by atoms with Crippen LogP contribution in [0.25, 0.3) is 11.2 Å². The van der Waals surface area contributed by atoms with Gasteiger partial charge in [0.05, 0.1) is 19.8 Å². The second-order valence-electron chi connectivity index (χ2n) is 9.00. The van der Waals surface area contributed by atoms with E-state index in [0.717, 1.165) is 28.2 Å². The molecule has 2 heterocycles. The number of aryl methyl sites for hydroxylation is 1. The quantitative estimate of drug-likeness (QED) is 0.257. The van der Waals surface area contributed by atoms with E-state index in [-0.39, 0.29) is 6.61 Å². The number of hydrogen-bond donors (Lipinski definition) is 1. The van der Waals surface area contributed by atoms with E-state index >= 15 is 0 Å². The van der Waals surface area contributed by atoms with E-state index in [1.54, 1.807) is 20.3 Å². The van der Waals surface area contributed by atoms with Crippen LogP contribution < -0.4 is 15.2 Å². The van der Waals surface area contributed by atoms with Gasteiger partial charge in [-0.1, -0.05) is 54.6 Å². The molecule has 0 saturated heterocycles. The number of methoxy groups -OCH3 is 2. The van der Waals surface area contributed by atoms with Crippen LogP contribution in [0.4, 0.5) is 0 Å². The molecule has 5 rings (SSSR count). The van der Waals surface area contributed by atoms with Crippen molar-refractivity contribution in [2.75, 3.05) is 14.2 Å². The van der Waals surface area contributed by atoms with Gasteiger partial charge in [0.2, 0.25) is 5.91 Å². The number of nitrogens with two attached hydrogens (primary N) is 1. The van der Waals surface area contributed by atoms with Crippen LogP contribution in [0.15, 0.2) is 91.1 Å². The molecular formula is C31H30N4O4. The number of amides is 1. The molecule has 0 spiro atoms. The van der Waals surface area contributed by atoms with Crippen molar-refractivity contribution in [2.45, 2.75) is 25.7 Å². The van der Waals surface area contributed by atoms with Gasteiger partial charge >= 0.3 is 0 Å². The molecule has 2 N–H and O–H groups in total. The van der Waals surface area contributed by atoms with E-state index in [1.165, 1.54) is 6.20 Å². The Labute approximate surface area is 227 Å². The molecule has 0 radical (unpaired) electrons. The van der Waals surface area contributed by atoms with Gasteiger partial charge in [-0.15, -0.1) is 0 Å². The lowest BCUT2D eigenvalue weighted by Crippen LogP contribution is -2.33. The Kier molecular flexibility index (Phi) is 7.29. The van der Waals surface area contributed by atoms with Crippen molar-refractivity contribution in [3.63, 3.8) is 0 Å². The Morgan fingerprint density at radius 2 is 1.44 bits per heavy atom. The minimum atomic E-state index is -0.984. The lowest BCUT2D eigenvalue weighted by Gasteiger charge is -2.36. The second kappa shape index (κ2) is 11.0. The summed E-state index contributed by atoms with van der Waals surface area (Å²) in [5, 5.41) is 0. The van der Waals surface area contributed by atoms with Crippen LogP contribution in [0.1, 0.15) is 39.8 Å². The second-order valence-corrected chi connectivity index (χ2v) is 9.00. The van der Waals surface area contributed by atoms with Crippen LogP contribution in [0.5, 0.6) is 11.5 Å². The highest BCUT2D eigenvalue weighted by molar-refractivity contribution is 5.95. The molecule has 0 aliphatic heterocycles. The number of fused-ring (bicyclic) bond motifs is 1. The standard InChI is InChI=1S/C31H30N4O4/c1-4-35-28(34-27-18-21(29(32)36)19-33-30(27)35)20-39-31(22-8-6-5-7-9-22,23-10-14-25(37-2)15-11-23)24-12-16-26(38-3)17-13-24/h5-19H,4,20H2,1-3H3,(H2,32,36). The molecule has 0 aliphatic rings. The zero-order chi connectivity index (χ0) is 27.4. The molecule has 5 aromatic rings. The van der Waals surface area contributed by atoms with Gasteiger partial charge in [0.15, 0.2) is 5.65 Å². The highest BCUT2D eigenvalue weighted by Crippen LogP contribution is 2.42. The summed E-state index contributed by atoms with van der Waals surface area (Å²) >= 11 is 0. The fourth-order valence-electron chi connectivity index (χ4n) is 4.88. The van der Waals surface area contributed by atoms with Crippen LogP contribution in [-0.2, 0) is 23.5 Å². The van der Waals surface area contributed by atoms with E-state index in [2.05, 4.69) is 17.1 Å². The minimum absolute atomic E-state index is 0.170. The fraction of sp³-hybridized carbons (Fsp3) is 0.194. The average molecular weight is 523 g/mol. The van der Waals surface area contributed by atoms with Crippen LogP contribution in [0.3, 0.4) is 0 Å². The number of carbonyl (C=O) groups is 1. The summed E-state index contributed by atoms with van der Waals surface area (Å²) < 4.78 is 19.8. The van der Waals surface area contributed by atoms with Gasteiger partial charge in [-0.2, -0.15) is 0 Å². The van der Waals surface area contributed by atoms with Crippen molar-refractivity contribution in [3.05, 3.63) is 119 Å². The Bertz CT molecular complexity index is 1530. The summed E-state index contributed by atoms with van der Waals surface area (Å²) in [6, 6.07) is 27.5. The number of pyridine rings is 1. The van der Waals surface area contributed by atoms with E-state index in [1.807, 2.05) is 78.2 Å². The molecular weight excluding hydrogens is 492 g/mol. The molecule has 0 fully saturated rings. The number of benzene rings is 3. The van der Waals surface area contributed by atoms with Gasteiger partial charge in [-0.05, 0) is 53.9 Å². The van der Waals surface area contributed by atoms with Gasteiger partial charge in [-0.25, -0.2) is 9.97 Å². The predicted octanol–water partition coefficient (Wildman–Crippen LogP) is 5.08. The number of aromatic nitrogens is 3. The molecule has 2 aromatic heterocycles. The first-order valence-corrected chi connectivity index (χ1v) is 12.6. The van der Waals surface area contributed by atoms with E-state index in [9.17, 15) is 4.79 Å². The fourth-order valence-corrected chi connectivity index (χ4v) is 4.88. The van der Waals surface area contributed by atoms with Crippen molar-refractivity contribution in [3.8, 4) is 11.5 Å². The maximum absolute atomic E-state index is 11.7. The number of rotatable bonds is 10.